The highest BCUT2D eigenvalue weighted by atomic mass is 32.1. The molecule has 4 nitrogen and oxygen atoms in total. The third kappa shape index (κ3) is 5.40. The van der Waals surface area contributed by atoms with Crippen LogP contribution >= 0.6 is 11.3 Å². The molecular formula is C21H29N3OS. The maximum absolute atomic E-state index is 12.4. The SMILES string of the molecule is CCc1ccc(C(C)NC(=O)CN2CCN(Cc3cccs3)CC2)cc1. The van der Waals surface area contributed by atoms with Crippen LogP contribution in [-0.2, 0) is 17.8 Å². The van der Waals surface area contributed by atoms with Crippen LogP contribution in [0.1, 0.15) is 35.9 Å². The Morgan fingerprint density at radius 1 is 1.12 bits per heavy atom. The van der Waals surface area contributed by atoms with E-state index in [-0.39, 0.29) is 11.9 Å². The van der Waals surface area contributed by atoms with Gasteiger partial charge in [0.2, 0.25) is 5.91 Å². The maximum atomic E-state index is 12.4. The Morgan fingerprint density at radius 3 is 2.42 bits per heavy atom. The van der Waals surface area contributed by atoms with Crippen molar-refractivity contribution in [3.05, 3.63) is 57.8 Å². The molecule has 1 aliphatic heterocycles. The molecular weight excluding hydrogens is 342 g/mol. The fourth-order valence-corrected chi connectivity index (χ4v) is 4.09. The molecule has 2 aromatic rings. The van der Waals surface area contributed by atoms with Crippen LogP contribution in [0.25, 0.3) is 0 Å². The van der Waals surface area contributed by atoms with Gasteiger partial charge in [-0.15, -0.1) is 11.3 Å². The van der Waals surface area contributed by atoms with Crippen molar-refractivity contribution in [3.63, 3.8) is 0 Å². The molecule has 1 amide bonds. The quantitative estimate of drug-likeness (QED) is 0.811. The van der Waals surface area contributed by atoms with Gasteiger partial charge in [-0.05, 0) is 35.9 Å². The first-order valence-corrected chi connectivity index (χ1v) is 10.4. The standard InChI is InChI=1S/C21H29N3OS/c1-3-18-6-8-19(9-7-18)17(2)22-21(25)16-24-12-10-23(11-13-24)15-20-5-4-14-26-20/h4-9,14,17H,3,10-13,15-16H2,1-2H3,(H,22,25). The molecule has 2 heterocycles. The number of carbonyl (C=O) groups excluding carboxylic acids is 1. The normalized spacial score (nSPS) is 17.2. The Bertz CT molecular complexity index is 676. The van der Waals surface area contributed by atoms with E-state index in [9.17, 15) is 4.79 Å². The van der Waals surface area contributed by atoms with Crippen LogP contribution in [0, 0.1) is 0 Å². The van der Waals surface area contributed by atoms with Crippen LogP contribution in [0.3, 0.4) is 0 Å². The van der Waals surface area contributed by atoms with Gasteiger partial charge < -0.3 is 5.32 Å². The van der Waals surface area contributed by atoms with Gasteiger partial charge in [-0.1, -0.05) is 37.3 Å². The number of amides is 1. The molecule has 0 aliphatic carbocycles. The minimum Gasteiger partial charge on any atom is -0.348 e. The summed E-state index contributed by atoms with van der Waals surface area (Å²) in [6.45, 7) is 9.69. The number of rotatable bonds is 7. The fourth-order valence-electron chi connectivity index (χ4n) is 3.34. The lowest BCUT2D eigenvalue weighted by molar-refractivity contribution is -0.123. The third-order valence-electron chi connectivity index (χ3n) is 5.06. The lowest BCUT2D eigenvalue weighted by atomic mass is 10.1. The van der Waals surface area contributed by atoms with Gasteiger partial charge in [-0.2, -0.15) is 0 Å². The number of carbonyl (C=O) groups is 1. The number of thiophene rings is 1. The van der Waals surface area contributed by atoms with Gasteiger partial charge in [0.05, 0.1) is 12.6 Å². The molecule has 0 radical (unpaired) electrons. The van der Waals surface area contributed by atoms with Crippen molar-refractivity contribution >= 4 is 17.2 Å². The van der Waals surface area contributed by atoms with E-state index in [1.807, 2.05) is 11.3 Å². The highest BCUT2D eigenvalue weighted by molar-refractivity contribution is 7.09. The van der Waals surface area contributed by atoms with Gasteiger partial charge in [0, 0.05) is 37.6 Å². The van der Waals surface area contributed by atoms with Crippen LogP contribution in [0.5, 0.6) is 0 Å². The van der Waals surface area contributed by atoms with Crippen molar-refractivity contribution < 1.29 is 4.79 Å². The summed E-state index contributed by atoms with van der Waals surface area (Å²) in [6, 6.07) is 12.9. The first kappa shape index (κ1) is 19.1. The lowest BCUT2D eigenvalue weighted by Crippen LogP contribution is -2.49. The number of piperazine rings is 1. The van der Waals surface area contributed by atoms with Gasteiger partial charge in [0.15, 0.2) is 0 Å². The maximum Gasteiger partial charge on any atom is 0.234 e. The van der Waals surface area contributed by atoms with E-state index in [2.05, 4.69) is 70.7 Å². The van der Waals surface area contributed by atoms with E-state index in [0.29, 0.717) is 6.54 Å². The molecule has 1 fully saturated rings. The van der Waals surface area contributed by atoms with E-state index >= 15 is 0 Å². The van der Waals surface area contributed by atoms with Gasteiger partial charge in [-0.25, -0.2) is 0 Å². The summed E-state index contributed by atoms with van der Waals surface area (Å²) in [5, 5.41) is 5.27. The second-order valence-electron chi connectivity index (χ2n) is 7.02. The van der Waals surface area contributed by atoms with E-state index in [1.165, 1.54) is 10.4 Å². The molecule has 1 aromatic heterocycles. The second kappa shape index (κ2) is 9.31. The second-order valence-corrected chi connectivity index (χ2v) is 8.05. The minimum absolute atomic E-state index is 0.0496. The van der Waals surface area contributed by atoms with Crippen molar-refractivity contribution in [2.24, 2.45) is 0 Å². The first-order chi connectivity index (χ1) is 12.6. The summed E-state index contributed by atoms with van der Waals surface area (Å²) in [5.74, 6) is 0.115. The van der Waals surface area contributed by atoms with Crippen LogP contribution in [0.15, 0.2) is 41.8 Å². The topological polar surface area (TPSA) is 35.6 Å². The van der Waals surface area contributed by atoms with Crippen LogP contribution in [0.4, 0.5) is 0 Å². The van der Waals surface area contributed by atoms with Crippen molar-refractivity contribution in [1.82, 2.24) is 15.1 Å². The molecule has 26 heavy (non-hydrogen) atoms. The molecule has 0 bridgehead atoms. The number of nitrogens with zero attached hydrogens (tertiary/aromatic N) is 2. The van der Waals surface area contributed by atoms with Gasteiger partial charge in [-0.3, -0.25) is 14.6 Å². The number of benzene rings is 1. The number of aryl methyl sites for hydroxylation is 1. The van der Waals surface area contributed by atoms with Crippen molar-refractivity contribution in [3.8, 4) is 0 Å². The highest BCUT2D eigenvalue weighted by Gasteiger charge is 2.20. The first-order valence-electron chi connectivity index (χ1n) is 9.49. The molecule has 1 saturated heterocycles. The van der Waals surface area contributed by atoms with Gasteiger partial charge >= 0.3 is 0 Å². The average Bonchev–Trinajstić information content (AvgIpc) is 3.16. The van der Waals surface area contributed by atoms with E-state index in [4.69, 9.17) is 0 Å². The number of hydrogen-bond acceptors (Lipinski definition) is 4. The average molecular weight is 372 g/mol. The Balaban J connectivity index is 1.40. The molecule has 140 valence electrons. The van der Waals surface area contributed by atoms with Crippen molar-refractivity contribution in [2.75, 3.05) is 32.7 Å². The zero-order chi connectivity index (χ0) is 18.4. The Labute approximate surface area is 160 Å². The predicted octanol–water partition coefficient (Wildman–Crippen LogP) is 3.31. The Kier molecular flexibility index (Phi) is 6.83. The largest absolute Gasteiger partial charge is 0.348 e. The molecule has 1 aliphatic rings. The Morgan fingerprint density at radius 2 is 1.81 bits per heavy atom. The highest BCUT2D eigenvalue weighted by Crippen LogP contribution is 2.15. The zero-order valence-corrected chi connectivity index (χ0v) is 16.6. The molecule has 0 saturated carbocycles. The molecule has 1 N–H and O–H groups in total. The van der Waals surface area contributed by atoms with Gasteiger partial charge in [0.1, 0.15) is 0 Å². The third-order valence-corrected chi connectivity index (χ3v) is 5.92. The summed E-state index contributed by atoms with van der Waals surface area (Å²) >= 11 is 1.82. The van der Waals surface area contributed by atoms with E-state index < -0.39 is 0 Å². The van der Waals surface area contributed by atoms with Crippen LogP contribution in [-0.4, -0.2) is 48.4 Å². The van der Waals surface area contributed by atoms with Crippen molar-refractivity contribution in [2.45, 2.75) is 32.9 Å². The van der Waals surface area contributed by atoms with Gasteiger partial charge in [0.25, 0.3) is 0 Å². The monoisotopic (exact) mass is 371 g/mol. The molecule has 1 aromatic carbocycles. The molecule has 1 atom stereocenters. The van der Waals surface area contributed by atoms with Crippen molar-refractivity contribution in [1.29, 1.82) is 0 Å². The summed E-state index contributed by atoms with van der Waals surface area (Å²) < 4.78 is 0. The predicted molar refractivity (Wildman–Crippen MR) is 108 cm³/mol. The summed E-state index contributed by atoms with van der Waals surface area (Å²) in [4.78, 5) is 18.5. The number of hydrogen-bond donors (Lipinski definition) is 1. The zero-order valence-electron chi connectivity index (χ0n) is 15.8. The smallest absolute Gasteiger partial charge is 0.234 e. The van der Waals surface area contributed by atoms with Crippen LogP contribution < -0.4 is 5.32 Å². The summed E-state index contributed by atoms with van der Waals surface area (Å²) in [6.07, 6.45) is 1.04. The molecule has 1 unspecified atom stereocenters. The van der Waals surface area contributed by atoms with Crippen LogP contribution in [0.2, 0.25) is 0 Å². The molecule has 5 heteroatoms. The Hall–Kier alpha value is -1.69. The lowest BCUT2D eigenvalue weighted by Gasteiger charge is -2.34. The van der Waals surface area contributed by atoms with E-state index in [0.717, 1.165) is 44.7 Å². The number of nitrogens with one attached hydrogen (secondary N) is 1. The molecule has 0 spiro atoms. The van der Waals surface area contributed by atoms with E-state index in [1.54, 1.807) is 0 Å². The summed E-state index contributed by atoms with van der Waals surface area (Å²) in [7, 11) is 0. The summed E-state index contributed by atoms with van der Waals surface area (Å²) in [5.41, 5.74) is 2.49. The minimum atomic E-state index is 0.0496. The fraction of sp³-hybridized carbons (Fsp3) is 0.476. The molecule has 3 rings (SSSR count).